The van der Waals surface area contributed by atoms with E-state index in [1.165, 1.54) is 23.5 Å². The largest absolute Gasteiger partial charge is 0.342 e. The molecule has 0 bridgehead atoms. The molecule has 24 heavy (non-hydrogen) atoms. The van der Waals surface area contributed by atoms with E-state index in [1.54, 1.807) is 6.07 Å². The fraction of sp³-hybridized carbons (Fsp3) is 0.176. The van der Waals surface area contributed by atoms with Crippen LogP contribution in [-0.2, 0) is 0 Å². The third-order valence-electron chi connectivity index (χ3n) is 3.48. The van der Waals surface area contributed by atoms with Gasteiger partial charge in [0.05, 0.1) is 22.1 Å². The molecule has 120 valence electrons. The molecule has 3 rings (SSSR count). The summed E-state index contributed by atoms with van der Waals surface area (Å²) in [6, 6.07) is 8.27. The minimum Gasteiger partial charge on any atom is -0.342 e. The molecule has 6 nitrogen and oxygen atoms in total. The maximum atomic E-state index is 11.1. The van der Waals surface area contributed by atoms with Crippen LogP contribution in [0.5, 0.6) is 0 Å². The van der Waals surface area contributed by atoms with E-state index in [4.69, 9.17) is 6.42 Å². The van der Waals surface area contributed by atoms with Gasteiger partial charge in [-0.15, -0.1) is 17.8 Å². The summed E-state index contributed by atoms with van der Waals surface area (Å²) in [5.41, 5.74) is 2.16. The molecule has 1 aliphatic rings. The zero-order valence-corrected chi connectivity index (χ0v) is 13.7. The average molecular weight is 338 g/mol. The van der Waals surface area contributed by atoms with Gasteiger partial charge in [-0.1, -0.05) is 12.0 Å². The molecule has 1 aliphatic heterocycles. The number of hydrogen-bond acceptors (Lipinski definition) is 5. The van der Waals surface area contributed by atoms with Crippen LogP contribution in [0.2, 0.25) is 0 Å². The standard InChI is InChI=1S/C17H14N4O2S/c1-3-11(2)19-16-10-18-17(15-5-4-8-24-15)13-9-12(21(22)23)6-7-14(13)20-16/h1,4-9,11H,10H2,2H3,(H,19,20). The minimum atomic E-state index is -0.410. The number of nitro groups is 1. The first-order chi connectivity index (χ1) is 11.6. The molecular weight excluding hydrogens is 324 g/mol. The first kappa shape index (κ1) is 15.9. The van der Waals surface area contributed by atoms with E-state index in [0.29, 0.717) is 17.9 Å². The van der Waals surface area contributed by atoms with Gasteiger partial charge in [0.15, 0.2) is 0 Å². The Kier molecular flexibility index (Phi) is 4.40. The number of nitrogens with zero attached hydrogens (tertiary/aromatic N) is 3. The number of nitrogens with one attached hydrogen (secondary N) is 1. The normalized spacial score (nSPS) is 16.3. The summed E-state index contributed by atoms with van der Waals surface area (Å²) in [5, 5.41) is 16.3. The highest BCUT2D eigenvalue weighted by Gasteiger charge is 2.21. The number of non-ortho nitro benzene ring substituents is 1. The van der Waals surface area contributed by atoms with Crippen molar-refractivity contribution in [1.82, 2.24) is 0 Å². The van der Waals surface area contributed by atoms with Gasteiger partial charge in [0.25, 0.3) is 5.69 Å². The van der Waals surface area contributed by atoms with Crippen molar-refractivity contribution < 1.29 is 4.92 Å². The number of hydrogen-bond donors (Lipinski definition) is 1. The number of benzene rings is 1. The van der Waals surface area contributed by atoms with E-state index in [0.717, 1.165) is 16.3 Å². The summed E-state index contributed by atoms with van der Waals surface area (Å²) in [4.78, 5) is 20.7. The molecule has 1 N–H and O–H groups in total. The Balaban J connectivity index is 2.13. The molecule has 0 aliphatic carbocycles. The van der Waals surface area contributed by atoms with Crippen LogP contribution in [-0.4, -0.2) is 29.1 Å². The zero-order chi connectivity index (χ0) is 17.1. The maximum Gasteiger partial charge on any atom is 0.270 e. The fourth-order valence-electron chi connectivity index (χ4n) is 2.35. The average Bonchev–Trinajstić information content (AvgIpc) is 3.03. The first-order valence-corrected chi connectivity index (χ1v) is 8.13. The van der Waals surface area contributed by atoms with E-state index in [2.05, 4.69) is 21.2 Å². The smallest absolute Gasteiger partial charge is 0.270 e. The van der Waals surface area contributed by atoms with Crippen molar-refractivity contribution in [2.24, 2.45) is 9.98 Å². The highest BCUT2D eigenvalue weighted by Crippen LogP contribution is 2.28. The summed E-state index contributed by atoms with van der Waals surface area (Å²) in [5.74, 6) is 3.20. The van der Waals surface area contributed by atoms with E-state index in [9.17, 15) is 10.1 Å². The number of fused-ring (bicyclic) bond motifs is 1. The van der Waals surface area contributed by atoms with Crippen LogP contribution >= 0.6 is 11.3 Å². The van der Waals surface area contributed by atoms with Crippen molar-refractivity contribution in [3.63, 3.8) is 0 Å². The van der Waals surface area contributed by atoms with Crippen molar-refractivity contribution in [1.29, 1.82) is 0 Å². The third kappa shape index (κ3) is 3.19. The van der Waals surface area contributed by atoms with E-state index in [-0.39, 0.29) is 11.7 Å². The van der Waals surface area contributed by atoms with Crippen molar-refractivity contribution >= 4 is 34.3 Å². The van der Waals surface area contributed by atoms with Gasteiger partial charge in [0.1, 0.15) is 11.9 Å². The minimum absolute atomic E-state index is 0.0252. The van der Waals surface area contributed by atoms with Crippen LogP contribution < -0.4 is 5.32 Å². The summed E-state index contributed by atoms with van der Waals surface area (Å²) in [6.07, 6.45) is 5.39. The van der Waals surface area contributed by atoms with Crippen molar-refractivity contribution in [3.8, 4) is 12.3 Å². The molecule has 0 amide bonds. The Bertz CT molecular complexity index is 878. The van der Waals surface area contributed by atoms with Gasteiger partial charge in [-0.05, 0) is 24.4 Å². The van der Waals surface area contributed by atoms with Crippen molar-refractivity contribution in [2.75, 3.05) is 11.9 Å². The molecule has 0 saturated heterocycles. The summed E-state index contributed by atoms with van der Waals surface area (Å²) in [6.45, 7) is 2.15. The van der Waals surface area contributed by atoms with E-state index in [1.807, 2.05) is 24.4 Å². The van der Waals surface area contributed by atoms with Crippen LogP contribution in [0.15, 0.2) is 45.7 Å². The molecule has 7 heteroatoms. The number of terminal acetylenes is 1. The zero-order valence-electron chi connectivity index (χ0n) is 12.9. The van der Waals surface area contributed by atoms with Crippen LogP contribution in [0, 0.1) is 22.5 Å². The molecule has 1 unspecified atom stereocenters. The van der Waals surface area contributed by atoms with Crippen LogP contribution in [0.1, 0.15) is 17.4 Å². The van der Waals surface area contributed by atoms with Gasteiger partial charge < -0.3 is 5.32 Å². The first-order valence-electron chi connectivity index (χ1n) is 7.25. The Morgan fingerprint density at radius 2 is 2.33 bits per heavy atom. The third-order valence-corrected chi connectivity index (χ3v) is 4.36. The Hall–Kier alpha value is -2.98. The molecule has 0 radical (unpaired) electrons. The number of rotatable bonds is 3. The summed E-state index contributed by atoms with van der Waals surface area (Å²) >= 11 is 1.54. The highest BCUT2D eigenvalue weighted by molar-refractivity contribution is 7.12. The van der Waals surface area contributed by atoms with Gasteiger partial charge >= 0.3 is 0 Å². The topological polar surface area (TPSA) is 79.9 Å². The number of anilines is 1. The van der Waals surface area contributed by atoms with Gasteiger partial charge in [0, 0.05) is 23.4 Å². The Morgan fingerprint density at radius 3 is 3.00 bits per heavy atom. The molecule has 2 heterocycles. The predicted octanol–water partition coefficient (Wildman–Crippen LogP) is 3.34. The molecule has 1 atom stereocenters. The van der Waals surface area contributed by atoms with Gasteiger partial charge in [-0.3, -0.25) is 20.1 Å². The predicted molar refractivity (Wildman–Crippen MR) is 97.3 cm³/mol. The lowest BCUT2D eigenvalue weighted by atomic mass is 10.1. The number of thiophene rings is 1. The van der Waals surface area contributed by atoms with Crippen LogP contribution in [0.3, 0.4) is 0 Å². The number of nitro benzene ring substituents is 1. The van der Waals surface area contributed by atoms with E-state index >= 15 is 0 Å². The molecule has 0 fully saturated rings. The highest BCUT2D eigenvalue weighted by atomic mass is 32.1. The maximum absolute atomic E-state index is 11.1. The molecule has 0 spiro atoms. The van der Waals surface area contributed by atoms with Gasteiger partial charge in [-0.25, -0.2) is 0 Å². The second-order valence-electron chi connectivity index (χ2n) is 5.17. The molecule has 2 aromatic rings. The monoisotopic (exact) mass is 338 g/mol. The Morgan fingerprint density at radius 1 is 1.50 bits per heavy atom. The lowest BCUT2D eigenvalue weighted by Crippen LogP contribution is -2.17. The van der Waals surface area contributed by atoms with Crippen LogP contribution in [0.25, 0.3) is 0 Å². The second-order valence-corrected chi connectivity index (χ2v) is 6.12. The van der Waals surface area contributed by atoms with Crippen molar-refractivity contribution in [3.05, 3.63) is 56.3 Å². The quantitative estimate of drug-likeness (QED) is 0.529. The molecule has 1 aromatic carbocycles. The number of benzodiazepines with no additional fused rings is 1. The number of aliphatic imine (C=N–C) groups is 2. The van der Waals surface area contributed by atoms with Gasteiger partial charge in [0.2, 0.25) is 0 Å². The van der Waals surface area contributed by atoms with Crippen LogP contribution in [0.4, 0.5) is 11.4 Å². The molecule has 0 saturated carbocycles. The van der Waals surface area contributed by atoms with E-state index < -0.39 is 4.92 Å². The summed E-state index contributed by atoms with van der Waals surface area (Å²) < 4.78 is 0. The lowest BCUT2D eigenvalue weighted by molar-refractivity contribution is -0.384. The van der Waals surface area contributed by atoms with Gasteiger partial charge in [-0.2, -0.15) is 0 Å². The second kappa shape index (κ2) is 6.64. The number of amidine groups is 1. The Labute approximate surface area is 143 Å². The molecule has 1 aromatic heterocycles. The SMILES string of the molecule is C#CC(C)N=C1CN=C(c2cccs2)c2cc([N+](=O)[O-])ccc2N1. The van der Waals surface area contributed by atoms with Crippen molar-refractivity contribution in [2.45, 2.75) is 13.0 Å². The summed E-state index contributed by atoms with van der Waals surface area (Å²) in [7, 11) is 0. The lowest BCUT2D eigenvalue weighted by Gasteiger charge is -2.10. The molecular formula is C17H14N4O2S. The fourth-order valence-corrected chi connectivity index (χ4v) is 3.10.